The number of carbonyl (C=O) groups excluding carboxylic acids is 3. The van der Waals surface area contributed by atoms with Crippen molar-refractivity contribution in [3.05, 3.63) is 34.6 Å². The van der Waals surface area contributed by atoms with E-state index >= 15 is 0 Å². The van der Waals surface area contributed by atoms with Crippen LogP contribution in [0.2, 0.25) is 5.02 Å². The summed E-state index contributed by atoms with van der Waals surface area (Å²) in [5, 5.41) is 4.66. The summed E-state index contributed by atoms with van der Waals surface area (Å²) in [6, 6.07) is 2.59. The minimum absolute atomic E-state index is 0.101. The van der Waals surface area contributed by atoms with Crippen molar-refractivity contribution in [3.63, 3.8) is 0 Å². The van der Waals surface area contributed by atoms with E-state index in [1.165, 1.54) is 6.07 Å². The molecular formula is C14H16ClFN2O4. The molecule has 8 heteroatoms. The van der Waals surface area contributed by atoms with Crippen LogP contribution in [0.15, 0.2) is 18.2 Å². The second-order valence-corrected chi connectivity index (χ2v) is 4.97. The molecule has 1 aromatic carbocycles. The molecule has 0 bridgehead atoms. The molecule has 1 rings (SSSR count). The molecule has 0 aliphatic carbocycles. The van der Waals surface area contributed by atoms with Crippen LogP contribution in [0.5, 0.6) is 0 Å². The van der Waals surface area contributed by atoms with E-state index in [1.54, 1.807) is 6.92 Å². The maximum absolute atomic E-state index is 13.4. The van der Waals surface area contributed by atoms with Gasteiger partial charge in [-0.15, -0.1) is 0 Å². The predicted octanol–water partition coefficient (Wildman–Crippen LogP) is 2.26. The SMILES string of the molecule is CC[C@@H](C)NC(=O)NC(=O)COC(=O)c1cc(Cl)ccc1F. The van der Waals surface area contributed by atoms with Gasteiger partial charge in [0.1, 0.15) is 5.82 Å². The molecule has 0 fully saturated rings. The van der Waals surface area contributed by atoms with Crippen LogP contribution < -0.4 is 10.6 Å². The van der Waals surface area contributed by atoms with E-state index in [-0.39, 0.29) is 16.6 Å². The van der Waals surface area contributed by atoms with Gasteiger partial charge in [-0.2, -0.15) is 0 Å². The van der Waals surface area contributed by atoms with Crippen LogP contribution >= 0.6 is 11.6 Å². The Morgan fingerprint density at radius 1 is 1.36 bits per heavy atom. The Kier molecular flexibility index (Phi) is 6.78. The van der Waals surface area contributed by atoms with E-state index in [2.05, 4.69) is 10.1 Å². The fraction of sp³-hybridized carbons (Fsp3) is 0.357. The molecule has 0 unspecified atom stereocenters. The third-order valence-electron chi connectivity index (χ3n) is 2.73. The van der Waals surface area contributed by atoms with Gasteiger partial charge < -0.3 is 10.1 Å². The fourth-order valence-corrected chi connectivity index (χ4v) is 1.56. The van der Waals surface area contributed by atoms with Crippen molar-refractivity contribution in [2.24, 2.45) is 0 Å². The van der Waals surface area contributed by atoms with Crippen LogP contribution in [0, 0.1) is 5.82 Å². The smallest absolute Gasteiger partial charge is 0.341 e. The topological polar surface area (TPSA) is 84.5 Å². The predicted molar refractivity (Wildman–Crippen MR) is 78.1 cm³/mol. The van der Waals surface area contributed by atoms with Gasteiger partial charge in [-0.25, -0.2) is 14.0 Å². The highest BCUT2D eigenvalue weighted by Gasteiger charge is 2.16. The second-order valence-electron chi connectivity index (χ2n) is 4.53. The van der Waals surface area contributed by atoms with Crippen LogP contribution in [-0.2, 0) is 9.53 Å². The number of ether oxygens (including phenoxy) is 1. The summed E-state index contributed by atoms with van der Waals surface area (Å²) in [6.45, 7) is 2.93. The first-order chi connectivity index (χ1) is 10.3. The minimum Gasteiger partial charge on any atom is -0.452 e. The van der Waals surface area contributed by atoms with Crippen LogP contribution in [0.3, 0.4) is 0 Å². The average Bonchev–Trinajstić information content (AvgIpc) is 2.46. The van der Waals surface area contributed by atoms with E-state index in [1.807, 2.05) is 12.2 Å². The highest BCUT2D eigenvalue weighted by atomic mass is 35.5. The van der Waals surface area contributed by atoms with E-state index < -0.39 is 30.3 Å². The van der Waals surface area contributed by atoms with Crippen LogP contribution in [0.4, 0.5) is 9.18 Å². The largest absolute Gasteiger partial charge is 0.452 e. The number of rotatable bonds is 5. The summed E-state index contributed by atoms with van der Waals surface area (Å²) < 4.78 is 18.0. The lowest BCUT2D eigenvalue weighted by molar-refractivity contribution is -0.123. The molecule has 0 aliphatic rings. The van der Waals surface area contributed by atoms with E-state index in [0.29, 0.717) is 6.42 Å². The molecule has 3 amide bonds. The second kappa shape index (κ2) is 8.33. The molecule has 120 valence electrons. The van der Waals surface area contributed by atoms with E-state index in [4.69, 9.17) is 11.6 Å². The Labute approximate surface area is 132 Å². The van der Waals surface area contributed by atoms with Gasteiger partial charge in [0.2, 0.25) is 0 Å². The molecular weight excluding hydrogens is 315 g/mol. The molecule has 0 heterocycles. The van der Waals surface area contributed by atoms with Gasteiger partial charge in [0, 0.05) is 11.1 Å². The van der Waals surface area contributed by atoms with Gasteiger partial charge in [0.05, 0.1) is 5.56 Å². The van der Waals surface area contributed by atoms with Crippen molar-refractivity contribution in [2.45, 2.75) is 26.3 Å². The Hall–Kier alpha value is -2.15. The number of nitrogens with one attached hydrogen (secondary N) is 2. The molecule has 0 aliphatic heterocycles. The number of imide groups is 1. The molecule has 6 nitrogen and oxygen atoms in total. The quantitative estimate of drug-likeness (QED) is 0.811. The lowest BCUT2D eigenvalue weighted by Gasteiger charge is -2.11. The molecule has 0 aromatic heterocycles. The first-order valence-electron chi connectivity index (χ1n) is 6.56. The summed E-state index contributed by atoms with van der Waals surface area (Å²) in [4.78, 5) is 34.4. The first-order valence-corrected chi connectivity index (χ1v) is 6.93. The summed E-state index contributed by atoms with van der Waals surface area (Å²) in [5.41, 5.74) is -0.385. The van der Waals surface area contributed by atoms with Crippen LogP contribution in [0.25, 0.3) is 0 Å². The van der Waals surface area contributed by atoms with Crippen molar-refractivity contribution >= 4 is 29.5 Å². The van der Waals surface area contributed by atoms with Crippen molar-refractivity contribution < 1.29 is 23.5 Å². The van der Waals surface area contributed by atoms with Crippen LogP contribution in [0.1, 0.15) is 30.6 Å². The Bertz CT molecular complexity index is 580. The average molecular weight is 331 g/mol. The Morgan fingerprint density at radius 2 is 2.05 bits per heavy atom. The van der Waals surface area contributed by atoms with Crippen molar-refractivity contribution in [2.75, 3.05) is 6.61 Å². The van der Waals surface area contributed by atoms with Crippen molar-refractivity contribution in [3.8, 4) is 0 Å². The number of carbonyl (C=O) groups is 3. The number of hydrogen-bond acceptors (Lipinski definition) is 4. The number of esters is 1. The van der Waals surface area contributed by atoms with Gasteiger partial charge in [0.25, 0.3) is 5.91 Å². The van der Waals surface area contributed by atoms with E-state index in [9.17, 15) is 18.8 Å². The van der Waals surface area contributed by atoms with Gasteiger partial charge >= 0.3 is 12.0 Å². The molecule has 1 atom stereocenters. The zero-order chi connectivity index (χ0) is 16.7. The third-order valence-corrected chi connectivity index (χ3v) is 2.96. The standard InChI is InChI=1S/C14H16ClFN2O4/c1-3-8(2)17-14(21)18-12(19)7-22-13(20)10-6-9(15)4-5-11(10)16/h4-6,8H,3,7H2,1-2H3,(H2,17,18,19,21)/t8-/m1/s1. The fourth-order valence-electron chi connectivity index (χ4n) is 1.39. The maximum atomic E-state index is 13.4. The molecule has 2 N–H and O–H groups in total. The zero-order valence-corrected chi connectivity index (χ0v) is 12.9. The summed E-state index contributed by atoms with van der Waals surface area (Å²) >= 11 is 5.65. The van der Waals surface area contributed by atoms with Crippen LogP contribution in [-0.4, -0.2) is 30.6 Å². The normalized spacial score (nSPS) is 11.5. The molecule has 0 saturated heterocycles. The Balaban J connectivity index is 2.48. The molecule has 0 radical (unpaired) electrons. The molecule has 1 aromatic rings. The summed E-state index contributed by atoms with van der Waals surface area (Å²) in [5.74, 6) is -2.68. The number of amides is 3. The number of benzene rings is 1. The third kappa shape index (κ3) is 5.69. The molecule has 0 saturated carbocycles. The van der Waals surface area contributed by atoms with Crippen molar-refractivity contribution in [1.29, 1.82) is 0 Å². The monoisotopic (exact) mass is 330 g/mol. The number of hydrogen-bond donors (Lipinski definition) is 2. The highest BCUT2D eigenvalue weighted by Crippen LogP contribution is 2.15. The molecule has 0 spiro atoms. The summed E-state index contributed by atoms with van der Waals surface area (Å²) in [7, 11) is 0. The number of urea groups is 1. The number of halogens is 2. The van der Waals surface area contributed by atoms with Gasteiger partial charge in [-0.3, -0.25) is 10.1 Å². The minimum atomic E-state index is -1.04. The molecule has 22 heavy (non-hydrogen) atoms. The highest BCUT2D eigenvalue weighted by molar-refractivity contribution is 6.30. The van der Waals surface area contributed by atoms with Gasteiger partial charge in [-0.05, 0) is 31.5 Å². The van der Waals surface area contributed by atoms with Crippen molar-refractivity contribution in [1.82, 2.24) is 10.6 Å². The maximum Gasteiger partial charge on any atom is 0.341 e. The lowest BCUT2D eigenvalue weighted by atomic mass is 10.2. The van der Waals surface area contributed by atoms with Gasteiger partial charge in [0.15, 0.2) is 6.61 Å². The first kappa shape index (κ1) is 17.9. The van der Waals surface area contributed by atoms with E-state index in [0.717, 1.165) is 12.1 Å². The summed E-state index contributed by atoms with van der Waals surface area (Å²) in [6.07, 6.45) is 0.699. The van der Waals surface area contributed by atoms with Gasteiger partial charge in [-0.1, -0.05) is 18.5 Å². The lowest BCUT2D eigenvalue weighted by Crippen LogP contribution is -2.44. The zero-order valence-electron chi connectivity index (χ0n) is 12.1. The Morgan fingerprint density at radius 3 is 2.68 bits per heavy atom.